The van der Waals surface area contributed by atoms with Crippen molar-refractivity contribution in [2.45, 2.75) is 32.8 Å². The van der Waals surface area contributed by atoms with Gasteiger partial charge in [-0.25, -0.2) is 0 Å². The number of benzene rings is 1. The zero-order valence-electron chi connectivity index (χ0n) is 9.61. The number of rotatable bonds is 5. The molecule has 2 unspecified atom stereocenters. The molecule has 0 heterocycles. The maximum Gasteiger partial charge on any atom is 0.0581 e. The summed E-state index contributed by atoms with van der Waals surface area (Å²) >= 11 is 0. The van der Waals surface area contributed by atoms with E-state index in [-0.39, 0.29) is 12.0 Å². The smallest absolute Gasteiger partial charge is 0.0581 e. The van der Waals surface area contributed by atoms with E-state index >= 15 is 0 Å². The molecule has 0 spiro atoms. The molecule has 1 rings (SSSR count). The minimum Gasteiger partial charge on any atom is -0.393 e. The van der Waals surface area contributed by atoms with Crippen molar-refractivity contribution in [1.29, 1.82) is 0 Å². The molecule has 0 bridgehead atoms. The van der Waals surface area contributed by atoms with Gasteiger partial charge in [-0.15, -0.1) is 0 Å². The van der Waals surface area contributed by atoms with Gasteiger partial charge in [0.15, 0.2) is 0 Å². The van der Waals surface area contributed by atoms with Gasteiger partial charge in [0.2, 0.25) is 0 Å². The molecule has 2 atom stereocenters. The lowest BCUT2D eigenvalue weighted by atomic mass is 9.97. The predicted molar refractivity (Wildman–Crippen MR) is 63.7 cm³/mol. The standard InChI is InChI=1S/C13H21NO/c1-10-4-3-5-12(8-10)6-7-13(15)11(2)9-14/h3-5,8,11,13,15H,6-7,9,14H2,1-2H3. The average Bonchev–Trinajstić information content (AvgIpc) is 2.25. The largest absolute Gasteiger partial charge is 0.393 e. The topological polar surface area (TPSA) is 46.2 Å². The maximum atomic E-state index is 9.77. The summed E-state index contributed by atoms with van der Waals surface area (Å²) in [5.74, 6) is 0.190. The summed E-state index contributed by atoms with van der Waals surface area (Å²) < 4.78 is 0. The Labute approximate surface area is 92.1 Å². The highest BCUT2D eigenvalue weighted by atomic mass is 16.3. The summed E-state index contributed by atoms with van der Waals surface area (Å²) in [6.07, 6.45) is 1.44. The van der Waals surface area contributed by atoms with Crippen molar-refractivity contribution < 1.29 is 5.11 Å². The fraction of sp³-hybridized carbons (Fsp3) is 0.538. The number of hydrogen-bond acceptors (Lipinski definition) is 2. The maximum absolute atomic E-state index is 9.77. The molecule has 1 aromatic carbocycles. The lowest BCUT2D eigenvalue weighted by molar-refractivity contribution is 0.112. The van der Waals surface area contributed by atoms with E-state index in [1.54, 1.807) is 0 Å². The summed E-state index contributed by atoms with van der Waals surface area (Å²) in [5.41, 5.74) is 8.07. The normalized spacial score (nSPS) is 14.9. The minimum atomic E-state index is -0.282. The summed E-state index contributed by atoms with van der Waals surface area (Å²) in [7, 11) is 0. The van der Waals surface area contributed by atoms with Gasteiger partial charge in [0.05, 0.1) is 6.10 Å². The van der Waals surface area contributed by atoms with E-state index in [2.05, 4.69) is 31.2 Å². The van der Waals surface area contributed by atoms with Crippen molar-refractivity contribution in [1.82, 2.24) is 0 Å². The Kier molecular flexibility index (Phi) is 4.79. The highest BCUT2D eigenvalue weighted by molar-refractivity contribution is 5.22. The Balaban J connectivity index is 2.43. The van der Waals surface area contributed by atoms with Gasteiger partial charge in [-0.05, 0) is 37.8 Å². The van der Waals surface area contributed by atoms with Crippen LogP contribution in [-0.4, -0.2) is 17.8 Å². The average molecular weight is 207 g/mol. The quantitative estimate of drug-likeness (QED) is 0.774. The molecule has 0 fully saturated rings. The number of aryl methyl sites for hydroxylation is 2. The fourth-order valence-corrected chi connectivity index (χ4v) is 1.62. The second-order valence-electron chi connectivity index (χ2n) is 4.31. The van der Waals surface area contributed by atoms with Gasteiger partial charge in [0.1, 0.15) is 0 Å². The predicted octanol–water partition coefficient (Wildman–Crippen LogP) is 1.88. The van der Waals surface area contributed by atoms with Gasteiger partial charge in [0.25, 0.3) is 0 Å². The molecular weight excluding hydrogens is 186 g/mol. The highest BCUT2D eigenvalue weighted by Gasteiger charge is 2.11. The molecule has 3 N–H and O–H groups in total. The van der Waals surface area contributed by atoms with Crippen LogP contribution in [0.3, 0.4) is 0 Å². The SMILES string of the molecule is Cc1cccc(CCC(O)C(C)CN)c1. The Hall–Kier alpha value is -0.860. The zero-order valence-corrected chi connectivity index (χ0v) is 9.61. The van der Waals surface area contributed by atoms with Crippen LogP contribution in [0, 0.1) is 12.8 Å². The molecule has 84 valence electrons. The van der Waals surface area contributed by atoms with Crippen LogP contribution in [0.1, 0.15) is 24.5 Å². The number of nitrogens with two attached hydrogens (primary N) is 1. The zero-order chi connectivity index (χ0) is 11.3. The van der Waals surface area contributed by atoms with E-state index in [9.17, 15) is 5.11 Å². The van der Waals surface area contributed by atoms with E-state index in [1.165, 1.54) is 11.1 Å². The molecule has 0 aliphatic carbocycles. The molecule has 15 heavy (non-hydrogen) atoms. The van der Waals surface area contributed by atoms with E-state index < -0.39 is 0 Å². The molecule has 0 saturated carbocycles. The molecule has 0 amide bonds. The van der Waals surface area contributed by atoms with Gasteiger partial charge in [-0.3, -0.25) is 0 Å². The van der Waals surface area contributed by atoms with E-state index in [1.807, 2.05) is 6.92 Å². The molecule has 0 aliphatic rings. The summed E-state index contributed by atoms with van der Waals surface area (Å²) in [6, 6.07) is 8.42. The van der Waals surface area contributed by atoms with Crippen LogP contribution < -0.4 is 5.73 Å². The first-order valence-electron chi connectivity index (χ1n) is 5.57. The van der Waals surface area contributed by atoms with Crippen LogP contribution >= 0.6 is 0 Å². The van der Waals surface area contributed by atoms with Gasteiger partial charge in [-0.1, -0.05) is 36.8 Å². The second-order valence-corrected chi connectivity index (χ2v) is 4.31. The number of hydrogen-bond donors (Lipinski definition) is 2. The van der Waals surface area contributed by atoms with Crippen molar-refractivity contribution in [3.05, 3.63) is 35.4 Å². The van der Waals surface area contributed by atoms with Crippen LogP contribution in [0.15, 0.2) is 24.3 Å². The molecule has 0 radical (unpaired) electrons. The number of aliphatic hydroxyl groups excluding tert-OH is 1. The monoisotopic (exact) mass is 207 g/mol. The van der Waals surface area contributed by atoms with E-state index in [4.69, 9.17) is 5.73 Å². The number of aliphatic hydroxyl groups is 1. The second kappa shape index (κ2) is 5.89. The molecule has 0 aliphatic heterocycles. The first-order chi connectivity index (χ1) is 7.13. The molecule has 2 heteroatoms. The van der Waals surface area contributed by atoms with E-state index in [0.717, 1.165) is 12.8 Å². The van der Waals surface area contributed by atoms with E-state index in [0.29, 0.717) is 6.54 Å². The minimum absolute atomic E-state index is 0.190. The Morgan fingerprint density at radius 3 is 2.73 bits per heavy atom. The van der Waals surface area contributed by atoms with Crippen molar-refractivity contribution in [3.8, 4) is 0 Å². The van der Waals surface area contributed by atoms with Crippen LogP contribution in [0.2, 0.25) is 0 Å². The Morgan fingerprint density at radius 1 is 1.40 bits per heavy atom. The summed E-state index contributed by atoms with van der Waals surface area (Å²) in [6.45, 7) is 4.62. The van der Waals surface area contributed by atoms with Crippen LogP contribution in [0.4, 0.5) is 0 Å². The fourth-order valence-electron chi connectivity index (χ4n) is 1.62. The third-order valence-electron chi connectivity index (χ3n) is 2.84. The van der Waals surface area contributed by atoms with Gasteiger partial charge < -0.3 is 10.8 Å². The highest BCUT2D eigenvalue weighted by Crippen LogP contribution is 2.11. The van der Waals surface area contributed by atoms with Crippen molar-refractivity contribution >= 4 is 0 Å². The molecule has 0 saturated heterocycles. The Bertz CT molecular complexity index is 298. The van der Waals surface area contributed by atoms with Crippen molar-refractivity contribution in [2.24, 2.45) is 11.7 Å². The van der Waals surface area contributed by atoms with Crippen molar-refractivity contribution in [3.63, 3.8) is 0 Å². The molecule has 2 nitrogen and oxygen atoms in total. The van der Waals surface area contributed by atoms with Crippen LogP contribution in [-0.2, 0) is 6.42 Å². The van der Waals surface area contributed by atoms with Crippen molar-refractivity contribution in [2.75, 3.05) is 6.54 Å². The van der Waals surface area contributed by atoms with Gasteiger partial charge in [0, 0.05) is 0 Å². The van der Waals surface area contributed by atoms with Crippen LogP contribution in [0.5, 0.6) is 0 Å². The third-order valence-corrected chi connectivity index (χ3v) is 2.84. The molecule has 1 aromatic rings. The van der Waals surface area contributed by atoms with Gasteiger partial charge >= 0.3 is 0 Å². The third kappa shape index (κ3) is 4.02. The molecular formula is C13H21NO. The Morgan fingerprint density at radius 2 is 2.13 bits per heavy atom. The first kappa shape index (κ1) is 12.2. The molecule has 0 aromatic heterocycles. The summed E-state index contributed by atoms with van der Waals surface area (Å²) in [5, 5.41) is 9.77. The lowest BCUT2D eigenvalue weighted by Gasteiger charge is -2.16. The lowest BCUT2D eigenvalue weighted by Crippen LogP contribution is -2.25. The first-order valence-corrected chi connectivity index (χ1v) is 5.57. The summed E-state index contributed by atoms with van der Waals surface area (Å²) in [4.78, 5) is 0. The van der Waals surface area contributed by atoms with Crippen LogP contribution in [0.25, 0.3) is 0 Å². The van der Waals surface area contributed by atoms with Gasteiger partial charge in [-0.2, -0.15) is 0 Å².